The molecule has 0 aliphatic heterocycles. The fourth-order valence-electron chi connectivity index (χ4n) is 1.94. The van der Waals surface area contributed by atoms with Crippen LogP contribution in [0.15, 0.2) is 18.2 Å². The van der Waals surface area contributed by atoms with Crippen molar-refractivity contribution in [2.45, 2.75) is 39.7 Å². The van der Waals surface area contributed by atoms with Crippen molar-refractivity contribution in [3.05, 3.63) is 29.3 Å². The van der Waals surface area contributed by atoms with Crippen LogP contribution in [0.2, 0.25) is 0 Å². The van der Waals surface area contributed by atoms with Gasteiger partial charge in [-0.3, -0.25) is 4.79 Å². The molecule has 4 heteroatoms. The van der Waals surface area contributed by atoms with Gasteiger partial charge in [-0.25, -0.2) is 0 Å². The molecule has 0 aliphatic rings. The fraction of sp³-hybridized carbons (Fsp3) is 0.533. The minimum absolute atomic E-state index is 0.530. The maximum Gasteiger partial charge on any atom is 0.250 e. The van der Waals surface area contributed by atoms with E-state index >= 15 is 0 Å². The number of rotatable bonds is 7. The van der Waals surface area contributed by atoms with E-state index in [2.05, 4.69) is 13.8 Å². The molecule has 106 valence electrons. The molecule has 0 saturated heterocycles. The van der Waals surface area contributed by atoms with Gasteiger partial charge in [0.05, 0.1) is 6.61 Å². The van der Waals surface area contributed by atoms with Gasteiger partial charge in [-0.2, -0.15) is 0 Å². The Morgan fingerprint density at radius 3 is 2.47 bits per heavy atom. The molecule has 0 aliphatic carbocycles. The van der Waals surface area contributed by atoms with Gasteiger partial charge in [-0.05, 0) is 36.1 Å². The zero-order valence-electron chi connectivity index (χ0n) is 11.8. The summed E-state index contributed by atoms with van der Waals surface area (Å²) in [5.74, 6) is 0.565. The Morgan fingerprint density at radius 1 is 1.37 bits per heavy atom. The molecule has 0 aromatic heterocycles. The third-order valence-corrected chi connectivity index (χ3v) is 3.45. The number of carbonyl (C=O) groups excluding carboxylic acids is 1. The number of carbonyl (C=O) groups is 1. The Morgan fingerprint density at radius 2 is 2.00 bits per heavy atom. The van der Waals surface area contributed by atoms with Crippen molar-refractivity contribution in [3.63, 3.8) is 0 Å². The minimum Gasteiger partial charge on any atom is -0.493 e. The molecule has 0 heterocycles. The zero-order valence-corrected chi connectivity index (χ0v) is 11.8. The third kappa shape index (κ3) is 4.24. The first-order valence-corrected chi connectivity index (χ1v) is 6.70. The Balaban J connectivity index is 2.74. The van der Waals surface area contributed by atoms with Crippen LogP contribution in [0.1, 0.15) is 43.9 Å². The lowest BCUT2D eigenvalue weighted by atomic mass is 10.0. The van der Waals surface area contributed by atoms with Crippen LogP contribution in [0.4, 0.5) is 0 Å². The smallest absolute Gasteiger partial charge is 0.250 e. The summed E-state index contributed by atoms with van der Waals surface area (Å²) in [6.07, 6.45) is 0.926. The lowest BCUT2D eigenvalue weighted by Crippen LogP contribution is -2.21. The largest absolute Gasteiger partial charge is 0.493 e. The number of primary amides is 1. The highest BCUT2D eigenvalue weighted by molar-refractivity contribution is 5.80. The predicted molar refractivity (Wildman–Crippen MR) is 74.9 cm³/mol. The number of benzene rings is 1. The van der Waals surface area contributed by atoms with Gasteiger partial charge in [0.15, 0.2) is 6.10 Å². The minimum atomic E-state index is -1.26. The summed E-state index contributed by atoms with van der Waals surface area (Å²) in [5, 5.41) is 9.65. The van der Waals surface area contributed by atoms with Crippen LogP contribution in [0.25, 0.3) is 0 Å². The number of aryl methyl sites for hydroxylation is 1. The maximum atomic E-state index is 11.0. The number of amides is 1. The molecular formula is C15H23NO3. The molecule has 1 aromatic rings. The van der Waals surface area contributed by atoms with Crippen molar-refractivity contribution in [3.8, 4) is 5.75 Å². The Labute approximate surface area is 114 Å². The lowest BCUT2D eigenvalue weighted by Gasteiger charge is -2.16. The molecule has 4 nitrogen and oxygen atoms in total. The van der Waals surface area contributed by atoms with Gasteiger partial charge in [0, 0.05) is 0 Å². The van der Waals surface area contributed by atoms with E-state index < -0.39 is 12.0 Å². The van der Waals surface area contributed by atoms with Gasteiger partial charge in [-0.1, -0.05) is 32.8 Å². The average molecular weight is 265 g/mol. The number of nitrogens with two attached hydrogens (primary N) is 1. The number of ether oxygens (including phenoxy) is 1. The Kier molecular flexibility index (Phi) is 5.83. The fourth-order valence-corrected chi connectivity index (χ4v) is 1.94. The standard InChI is InChI=1S/C15H23NO3/c1-4-11(5-2)9-19-12-6-7-13(10(3)8-12)14(17)15(16)18/h6-8,11,14,17H,4-5,9H2,1-3H3,(H2,16,18)/t14-/m1/s1. The van der Waals surface area contributed by atoms with E-state index in [0.717, 1.165) is 24.2 Å². The van der Waals surface area contributed by atoms with E-state index in [-0.39, 0.29) is 0 Å². The van der Waals surface area contributed by atoms with E-state index in [9.17, 15) is 9.90 Å². The molecule has 1 aromatic carbocycles. The topological polar surface area (TPSA) is 72.6 Å². The van der Waals surface area contributed by atoms with Crippen LogP contribution < -0.4 is 10.5 Å². The van der Waals surface area contributed by atoms with Crippen LogP contribution >= 0.6 is 0 Å². The van der Waals surface area contributed by atoms with Crippen molar-refractivity contribution >= 4 is 5.91 Å². The molecule has 0 bridgehead atoms. The van der Waals surface area contributed by atoms with Crippen molar-refractivity contribution in [1.29, 1.82) is 0 Å². The third-order valence-electron chi connectivity index (χ3n) is 3.45. The molecule has 1 amide bonds. The van der Waals surface area contributed by atoms with Crippen molar-refractivity contribution in [2.24, 2.45) is 11.7 Å². The number of aliphatic hydroxyl groups is 1. The van der Waals surface area contributed by atoms with Gasteiger partial charge in [0.1, 0.15) is 5.75 Å². The molecule has 0 radical (unpaired) electrons. The molecule has 1 rings (SSSR count). The summed E-state index contributed by atoms with van der Waals surface area (Å²) < 4.78 is 5.73. The highest BCUT2D eigenvalue weighted by Crippen LogP contribution is 2.23. The van der Waals surface area contributed by atoms with Crippen LogP contribution in [-0.2, 0) is 4.79 Å². The van der Waals surface area contributed by atoms with Crippen LogP contribution in [-0.4, -0.2) is 17.6 Å². The number of hydrogen-bond donors (Lipinski definition) is 2. The van der Waals surface area contributed by atoms with Gasteiger partial charge >= 0.3 is 0 Å². The van der Waals surface area contributed by atoms with E-state index in [4.69, 9.17) is 10.5 Å². The Hall–Kier alpha value is -1.55. The summed E-state index contributed by atoms with van der Waals surface area (Å²) in [7, 11) is 0. The Bertz CT molecular complexity index is 427. The summed E-state index contributed by atoms with van der Waals surface area (Å²) in [4.78, 5) is 11.0. The number of aliphatic hydroxyl groups excluding tert-OH is 1. The normalized spacial score (nSPS) is 12.5. The molecule has 0 spiro atoms. The van der Waals surface area contributed by atoms with Crippen molar-refractivity contribution < 1.29 is 14.6 Å². The number of hydrogen-bond acceptors (Lipinski definition) is 3. The quantitative estimate of drug-likeness (QED) is 0.794. The van der Waals surface area contributed by atoms with Gasteiger partial charge in [0.2, 0.25) is 0 Å². The summed E-state index contributed by atoms with van der Waals surface area (Å²) >= 11 is 0. The maximum absolute atomic E-state index is 11.0. The molecule has 0 saturated carbocycles. The van der Waals surface area contributed by atoms with E-state index in [1.807, 2.05) is 13.0 Å². The summed E-state index contributed by atoms with van der Waals surface area (Å²) in [6.45, 7) is 6.81. The zero-order chi connectivity index (χ0) is 14.4. The monoisotopic (exact) mass is 265 g/mol. The second-order valence-electron chi connectivity index (χ2n) is 4.82. The highest BCUT2D eigenvalue weighted by Gasteiger charge is 2.16. The first-order valence-electron chi connectivity index (χ1n) is 6.70. The van der Waals surface area contributed by atoms with Gasteiger partial charge < -0.3 is 15.6 Å². The summed E-state index contributed by atoms with van der Waals surface area (Å²) in [6, 6.07) is 5.27. The summed E-state index contributed by atoms with van der Waals surface area (Å²) in [5.41, 5.74) is 6.42. The molecule has 0 fully saturated rings. The molecule has 0 unspecified atom stereocenters. The predicted octanol–water partition coefficient (Wildman–Crippen LogP) is 2.33. The second kappa shape index (κ2) is 7.14. The lowest BCUT2D eigenvalue weighted by molar-refractivity contribution is -0.126. The van der Waals surface area contributed by atoms with Crippen LogP contribution in [0, 0.1) is 12.8 Å². The molecular weight excluding hydrogens is 242 g/mol. The van der Waals surface area contributed by atoms with E-state index in [1.54, 1.807) is 12.1 Å². The molecule has 1 atom stereocenters. The van der Waals surface area contributed by atoms with Gasteiger partial charge in [0.25, 0.3) is 5.91 Å². The molecule has 3 N–H and O–H groups in total. The SMILES string of the molecule is CCC(CC)COc1ccc([C@@H](O)C(N)=O)c(C)c1. The van der Waals surface area contributed by atoms with Crippen molar-refractivity contribution in [1.82, 2.24) is 0 Å². The second-order valence-corrected chi connectivity index (χ2v) is 4.82. The molecule has 19 heavy (non-hydrogen) atoms. The highest BCUT2D eigenvalue weighted by atomic mass is 16.5. The van der Waals surface area contributed by atoms with Crippen molar-refractivity contribution in [2.75, 3.05) is 6.61 Å². The van der Waals surface area contributed by atoms with Crippen LogP contribution in [0.5, 0.6) is 5.75 Å². The van der Waals surface area contributed by atoms with E-state index in [1.165, 1.54) is 0 Å². The first kappa shape index (κ1) is 15.5. The van der Waals surface area contributed by atoms with Crippen LogP contribution in [0.3, 0.4) is 0 Å². The average Bonchev–Trinajstić information content (AvgIpc) is 2.39. The van der Waals surface area contributed by atoms with Gasteiger partial charge in [-0.15, -0.1) is 0 Å². The first-order chi connectivity index (χ1) is 8.99. The van der Waals surface area contributed by atoms with E-state index in [0.29, 0.717) is 18.1 Å².